The van der Waals surface area contributed by atoms with Crippen LogP contribution >= 0.6 is 0 Å². The van der Waals surface area contributed by atoms with Crippen molar-refractivity contribution >= 4 is 28.4 Å². The highest BCUT2D eigenvalue weighted by atomic mass is 16.2. The number of aryl methyl sites for hydroxylation is 3. The fraction of sp³-hybridized carbons (Fsp3) is 0.219. The molecule has 0 bridgehead atoms. The van der Waals surface area contributed by atoms with E-state index in [1.807, 2.05) is 57.4 Å². The van der Waals surface area contributed by atoms with Gasteiger partial charge in [-0.1, -0.05) is 18.2 Å². The summed E-state index contributed by atoms with van der Waals surface area (Å²) >= 11 is 0. The summed E-state index contributed by atoms with van der Waals surface area (Å²) in [6.45, 7) is 3.32. The molecule has 3 N–H and O–H groups in total. The van der Waals surface area contributed by atoms with Gasteiger partial charge in [-0.25, -0.2) is 19.0 Å². The lowest BCUT2D eigenvalue weighted by atomic mass is 10.1. The molecule has 5 aromatic rings. The van der Waals surface area contributed by atoms with Gasteiger partial charge in [0.2, 0.25) is 11.7 Å². The van der Waals surface area contributed by atoms with E-state index in [9.17, 15) is 14.4 Å². The lowest BCUT2D eigenvalue weighted by Gasteiger charge is -2.16. The van der Waals surface area contributed by atoms with Crippen LogP contribution in [0.4, 0.5) is 5.69 Å². The molecule has 43 heavy (non-hydrogen) atoms. The minimum Gasteiger partial charge on any atom is -0.366 e. The van der Waals surface area contributed by atoms with Gasteiger partial charge in [0.1, 0.15) is 0 Å². The summed E-state index contributed by atoms with van der Waals surface area (Å²) in [5.74, 6) is 1.70. The van der Waals surface area contributed by atoms with Crippen LogP contribution in [-0.4, -0.2) is 61.3 Å². The van der Waals surface area contributed by atoms with E-state index < -0.39 is 11.8 Å². The maximum absolute atomic E-state index is 13.7. The highest BCUT2D eigenvalue weighted by Crippen LogP contribution is 2.32. The average Bonchev–Trinajstić information content (AvgIpc) is 3.48. The molecule has 0 radical (unpaired) electrons. The van der Waals surface area contributed by atoms with Crippen molar-refractivity contribution in [2.75, 3.05) is 26.0 Å². The third-order valence-electron chi connectivity index (χ3n) is 7.09. The first-order valence-corrected chi connectivity index (χ1v) is 13.7. The first-order valence-electron chi connectivity index (χ1n) is 13.7. The molecule has 0 fully saturated rings. The zero-order chi connectivity index (χ0) is 30.8. The molecule has 0 aliphatic rings. The molecule has 11 heteroatoms. The number of anilines is 1. The zero-order valence-electron chi connectivity index (χ0n) is 24.5. The molecule has 0 spiro atoms. The lowest BCUT2D eigenvalue weighted by Crippen LogP contribution is -2.21. The Bertz CT molecular complexity index is 1960. The van der Waals surface area contributed by atoms with Crippen molar-refractivity contribution in [3.05, 3.63) is 93.9 Å². The molecule has 0 saturated heterocycles. The van der Waals surface area contributed by atoms with E-state index in [4.69, 9.17) is 12.2 Å². The van der Waals surface area contributed by atoms with E-state index in [1.165, 1.54) is 15.3 Å². The van der Waals surface area contributed by atoms with Crippen LogP contribution in [-0.2, 0) is 13.6 Å². The molecular weight excluding hydrogens is 544 g/mol. The third kappa shape index (κ3) is 5.82. The minimum atomic E-state index is -0.582. The normalized spacial score (nSPS) is 11.2. The van der Waals surface area contributed by atoms with E-state index in [-0.39, 0.29) is 17.2 Å². The van der Waals surface area contributed by atoms with Crippen LogP contribution < -0.4 is 16.7 Å². The Morgan fingerprint density at radius 3 is 2.51 bits per heavy atom. The van der Waals surface area contributed by atoms with Crippen molar-refractivity contribution < 1.29 is 9.59 Å². The summed E-state index contributed by atoms with van der Waals surface area (Å²) in [5, 5.41) is 7.86. The number of terminal acetylenes is 1. The minimum absolute atomic E-state index is 0.219. The molecule has 3 heterocycles. The van der Waals surface area contributed by atoms with Crippen molar-refractivity contribution in [2.45, 2.75) is 19.9 Å². The molecule has 0 aliphatic carbocycles. The number of rotatable bonds is 9. The SMILES string of the molecule is C#Cc1nn(C)c(=O)n1-c1ccc(-c2cc3cc(C)nc(C(=O)Nc4cccc(C(N)=O)c4)c3n2CCCN(C)C)cc1. The van der Waals surface area contributed by atoms with Crippen LogP contribution in [0.5, 0.6) is 0 Å². The van der Waals surface area contributed by atoms with Crippen LogP contribution in [0.25, 0.3) is 27.8 Å². The predicted molar refractivity (Wildman–Crippen MR) is 166 cm³/mol. The highest BCUT2D eigenvalue weighted by Gasteiger charge is 2.21. The van der Waals surface area contributed by atoms with Crippen molar-refractivity contribution in [1.82, 2.24) is 28.8 Å². The predicted octanol–water partition coefficient (Wildman–Crippen LogP) is 3.18. The second kappa shape index (κ2) is 11.8. The van der Waals surface area contributed by atoms with E-state index in [0.29, 0.717) is 34.7 Å². The number of amides is 2. The van der Waals surface area contributed by atoms with Gasteiger partial charge in [-0.15, -0.1) is 11.5 Å². The van der Waals surface area contributed by atoms with Gasteiger partial charge in [-0.3, -0.25) is 9.59 Å². The Hall–Kier alpha value is -5.47. The maximum Gasteiger partial charge on any atom is 0.351 e. The Morgan fingerprint density at radius 2 is 1.84 bits per heavy atom. The lowest BCUT2D eigenvalue weighted by molar-refractivity contribution is 0.0995. The van der Waals surface area contributed by atoms with Gasteiger partial charge in [0.15, 0.2) is 5.69 Å². The van der Waals surface area contributed by atoms with Gasteiger partial charge in [-0.05, 0) is 87.9 Å². The van der Waals surface area contributed by atoms with Crippen molar-refractivity contribution in [3.8, 4) is 29.3 Å². The summed E-state index contributed by atoms with van der Waals surface area (Å²) in [6, 6.07) is 18.0. The summed E-state index contributed by atoms with van der Waals surface area (Å²) in [7, 11) is 5.59. The zero-order valence-corrected chi connectivity index (χ0v) is 24.5. The maximum atomic E-state index is 13.7. The molecule has 2 amide bonds. The molecular formula is C32H32N8O3. The van der Waals surface area contributed by atoms with E-state index in [2.05, 4.69) is 30.8 Å². The van der Waals surface area contributed by atoms with Crippen molar-refractivity contribution in [1.29, 1.82) is 0 Å². The monoisotopic (exact) mass is 576 g/mol. The van der Waals surface area contributed by atoms with Crippen molar-refractivity contribution in [2.24, 2.45) is 12.8 Å². The smallest absolute Gasteiger partial charge is 0.351 e. The average molecular weight is 577 g/mol. The van der Waals surface area contributed by atoms with Gasteiger partial charge in [0.25, 0.3) is 5.91 Å². The Labute approximate surface area is 248 Å². The van der Waals surface area contributed by atoms with E-state index >= 15 is 0 Å². The number of nitrogens with zero attached hydrogens (tertiary/aromatic N) is 6. The highest BCUT2D eigenvalue weighted by molar-refractivity contribution is 6.12. The fourth-order valence-corrected chi connectivity index (χ4v) is 5.12. The van der Waals surface area contributed by atoms with Crippen LogP contribution in [0.3, 0.4) is 0 Å². The molecule has 11 nitrogen and oxygen atoms in total. The molecule has 0 aliphatic heterocycles. The van der Waals surface area contributed by atoms with Crippen LogP contribution in [0.15, 0.2) is 65.5 Å². The molecule has 0 unspecified atom stereocenters. The quantitative estimate of drug-likeness (QED) is 0.259. The second-order valence-electron chi connectivity index (χ2n) is 10.5. The summed E-state index contributed by atoms with van der Waals surface area (Å²) in [5.41, 5.74) is 9.87. The van der Waals surface area contributed by atoms with Crippen molar-refractivity contribution in [3.63, 3.8) is 0 Å². The van der Waals surface area contributed by atoms with Crippen LogP contribution in [0, 0.1) is 19.3 Å². The van der Waals surface area contributed by atoms with Gasteiger partial charge < -0.3 is 20.5 Å². The van der Waals surface area contributed by atoms with E-state index in [1.54, 1.807) is 25.2 Å². The van der Waals surface area contributed by atoms with Gasteiger partial charge in [0.05, 0.1) is 11.2 Å². The second-order valence-corrected chi connectivity index (χ2v) is 10.5. The molecule has 0 saturated carbocycles. The largest absolute Gasteiger partial charge is 0.366 e. The number of benzene rings is 2. The standard InChI is InChI=1S/C32H32N8O3/c1-6-27-36-38(5)32(43)40(27)25-13-11-21(12-14-25)26-19-23-17-20(2)34-28(29(23)39(26)16-8-15-37(3)4)31(42)35-24-10-7-9-22(18-24)30(33)41/h1,7,9-14,17-19H,8,15-16H2,2-5H3,(H2,33,41)(H,35,42). The summed E-state index contributed by atoms with van der Waals surface area (Å²) in [4.78, 5) is 44.8. The number of carbonyl (C=O) groups is 2. The fourth-order valence-electron chi connectivity index (χ4n) is 5.12. The van der Waals surface area contributed by atoms with E-state index in [0.717, 1.165) is 29.6 Å². The number of hydrogen-bond donors (Lipinski definition) is 2. The molecule has 218 valence electrons. The van der Waals surface area contributed by atoms with Gasteiger partial charge in [-0.2, -0.15) is 0 Å². The summed E-state index contributed by atoms with van der Waals surface area (Å²) < 4.78 is 4.70. The number of hydrogen-bond acceptors (Lipinski definition) is 6. The topological polar surface area (TPSA) is 133 Å². The number of nitrogens with two attached hydrogens (primary N) is 1. The molecule has 5 rings (SSSR count). The van der Waals surface area contributed by atoms with Crippen LogP contribution in [0.1, 0.15) is 38.8 Å². The third-order valence-corrected chi connectivity index (χ3v) is 7.09. The first kappa shape index (κ1) is 29.0. The Balaban J connectivity index is 1.61. The Kier molecular flexibility index (Phi) is 7.96. The summed E-state index contributed by atoms with van der Waals surface area (Å²) in [6.07, 6.45) is 6.42. The first-order chi connectivity index (χ1) is 20.6. The van der Waals surface area contributed by atoms with Crippen LogP contribution in [0.2, 0.25) is 0 Å². The number of aromatic nitrogens is 5. The number of fused-ring (bicyclic) bond motifs is 1. The number of pyridine rings is 1. The van der Waals surface area contributed by atoms with Gasteiger partial charge >= 0.3 is 5.69 Å². The number of carbonyl (C=O) groups excluding carboxylic acids is 2. The molecule has 0 atom stereocenters. The molecule has 3 aromatic heterocycles. The Morgan fingerprint density at radius 1 is 1.09 bits per heavy atom. The number of nitrogens with one attached hydrogen (secondary N) is 1. The number of primary amides is 1. The van der Waals surface area contributed by atoms with Gasteiger partial charge in [0, 0.05) is 41.6 Å². The molecule has 2 aromatic carbocycles.